The highest BCUT2D eigenvalue weighted by Crippen LogP contribution is 2.25. The predicted molar refractivity (Wildman–Crippen MR) is 65.0 cm³/mol. The second-order valence-corrected chi connectivity index (χ2v) is 4.29. The Morgan fingerprint density at radius 3 is 3.06 bits per heavy atom. The summed E-state index contributed by atoms with van der Waals surface area (Å²) in [5, 5.41) is 13.8. The molecular formula is C11H16N4O2. The van der Waals surface area contributed by atoms with E-state index in [9.17, 15) is 10.1 Å². The predicted octanol–water partition coefficient (Wildman–Crippen LogP) is 1.50. The van der Waals surface area contributed by atoms with Crippen LogP contribution in [0.1, 0.15) is 12.8 Å². The molecule has 1 aliphatic carbocycles. The zero-order chi connectivity index (χ0) is 12.3. The third-order valence-corrected chi connectivity index (χ3v) is 2.95. The van der Waals surface area contributed by atoms with Crippen LogP contribution in [-0.4, -0.2) is 41.0 Å². The van der Waals surface area contributed by atoms with Gasteiger partial charge < -0.3 is 10.2 Å². The molecule has 92 valence electrons. The lowest BCUT2D eigenvalue weighted by atomic mass is 10.3. The monoisotopic (exact) mass is 236 g/mol. The second-order valence-electron chi connectivity index (χ2n) is 4.29. The Morgan fingerprint density at radius 2 is 2.41 bits per heavy atom. The van der Waals surface area contributed by atoms with E-state index in [0.29, 0.717) is 18.3 Å². The van der Waals surface area contributed by atoms with Crippen molar-refractivity contribution in [3.63, 3.8) is 0 Å². The minimum Gasteiger partial charge on any atom is -0.378 e. The minimum atomic E-state index is -0.417. The van der Waals surface area contributed by atoms with E-state index in [1.165, 1.54) is 19.0 Å². The lowest BCUT2D eigenvalue weighted by Gasteiger charge is -2.16. The molecule has 0 spiro atoms. The van der Waals surface area contributed by atoms with Crippen LogP contribution in [0.2, 0.25) is 0 Å². The van der Waals surface area contributed by atoms with Crippen LogP contribution in [0.3, 0.4) is 0 Å². The highest BCUT2D eigenvalue weighted by molar-refractivity contribution is 5.59. The Hall–Kier alpha value is -1.69. The Bertz CT molecular complexity index is 406. The van der Waals surface area contributed by atoms with Gasteiger partial charge in [-0.25, -0.2) is 0 Å². The highest BCUT2D eigenvalue weighted by Gasteiger charge is 2.25. The maximum absolute atomic E-state index is 10.8. The molecule has 0 bridgehead atoms. The van der Waals surface area contributed by atoms with Crippen molar-refractivity contribution >= 4 is 11.4 Å². The van der Waals surface area contributed by atoms with Crippen molar-refractivity contribution in [2.45, 2.75) is 18.9 Å². The van der Waals surface area contributed by atoms with E-state index in [-0.39, 0.29) is 5.69 Å². The van der Waals surface area contributed by atoms with Crippen molar-refractivity contribution in [2.24, 2.45) is 0 Å². The summed E-state index contributed by atoms with van der Waals surface area (Å²) in [6, 6.07) is 2.35. The second kappa shape index (κ2) is 5.09. The van der Waals surface area contributed by atoms with Gasteiger partial charge in [-0.3, -0.25) is 15.1 Å². The van der Waals surface area contributed by atoms with Crippen LogP contribution in [0, 0.1) is 10.1 Å². The smallest absolute Gasteiger partial charge is 0.310 e. The zero-order valence-corrected chi connectivity index (χ0v) is 9.80. The topological polar surface area (TPSA) is 71.3 Å². The van der Waals surface area contributed by atoms with E-state index in [1.54, 1.807) is 12.3 Å². The normalized spacial score (nSPS) is 14.9. The van der Waals surface area contributed by atoms with Crippen molar-refractivity contribution in [1.29, 1.82) is 0 Å². The molecule has 1 saturated carbocycles. The van der Waals surface area contributed by atoms with Crippen molar-refractivity contribution in [1.82, 2.24) is 9.88 Å². The van der Waals surface area contributed by atoms with Crippen LogP contribution in [0.15, 0.2) is 18.5 Å². The molecule has 1 aromatic heterocycles. The van der Waals surface area contributed by atoms with E-state index in [1.807, 2.05) is 0 Å². The number of hydrogen-bond acceptors (Lipinski definition) is 5. The third kappa shape index (κ3) is 3.13. The van der Waals surface area contributed by atoms with E-state index >= 15 is 0 Å². The van der Waals surface area contributed by atoms with Gasteiger partial charge >= 0.3 is 5.69 Å². The van der Waals surface area contributed by atoms with Crippen LogP contribution in [-0.2, 0) is 0 Å². The van der Waals surface area contributed by atoms with Gasteiger partial charge in [-0.2, -0.15) is 0 Å². The number of pyridine rings is 1. The summed E-state index contributed by atoms with van der Waals surface area (Å²) < 4.78 is 0. The van der Waals surface area contributed by atoms with Crippen LogP contribution in [0.4, 0.5) is 11.4 Å². The molecule has 1 fully saturated rings. The number of likely N-dealkylation sites (N-methyl/N-ethyl adjacent to an activating group) is 1. The van der Waals surface area contributed by atoms with Gasteiger partial charge in [-0.1, -0.05) is 0 Å². The first-order valence-corrected chi connectivity index (χ1v) is 5.71. The molecule has 0 aliphatic heterocycles. The minimum absolute atomic E-state index is 0.0292. The van der Waals surface area contributed by atoms with Crippen LogP contribution in [0.5, 0.6) is 0 Å². The molecule has 17 heavy (non-hydrogen) atoms. The first-order chi connectivity index (χ1) is 8.18. The fourth-order valence-electron chi connectivity index (χ4n) is 1.75. The quantitative estimate of drug-likeness (QED) is 0.598. The molecule has 1 aromatic rings. The molecule has 0 aromatic carbocycles. The SMILES string of the molecule is CN(CCNc1ccncc1[N+](=O)[O-])C1CC1. The number of nitro groups is 1. The molecule has 1 aliphatic rings. The average Bonchev–Trinajstić information content (AvgIpc) is 3.13. The van der Waals surface area contributed by atoms with Crippen molar-refractivity contribution < 1.29 is 4.92 Å². The maximum atomic E-state index is 10.8. The van der Waals surface area contributed by atoms with E-state index in [0.717, 1.165) is 6.54 Å². The first-order valence-electron chi connectivity index (χ1n) is 5.71. The molecule has 2 rings (SSSR count). The van der Waals surface area contributed by atoms with E-state index < -0.39 is 4.92 Å². The fraction of sp³-hybridized carbons (Fsp3) is 0.545. The largest absolute Gasteiger partial charge is 0.378 e. The van der Waals surface area contributed by atoms with Gasteiger partial charge in [0.2, 0.25) is 0 Å². The molecule has 1 heterocycles. The standard InChI is InChI=1S/C11H16N4O2/c1-14(9-2-3-9)7-6-13-10-4-5-12-8-11(10)15(16)17/h4-5,8-9H,2-3,6-7H2,1H3,(H,12,13). The molecule has 6 nitrogen and oxygen atoms in total. The molecule has 0 radical (unpaired) electrons. The first kappa shape index (κ1) is 11.8. The molecule has 0 amide bonds. The summed E-state index contributed by atoms with van der Waals surface area (Å²) in [5.41, 5.74) is 0.566. The summed E-state index contributed by atoms with van der Waals surface area (Å²) in [6.07, 6.45) is 5.37. The summed E-state index contributed by atoms with van der Waals surface area (Å²) in [4.78, 5) is 16.4. The van der Waals surface area contributed by atoms with Gasteiger partial charge in [-0.05, 0) is 26.0 Å². The number of nitrogens with zero attached hydrogens (tertiary/aromatic N) is 3. The number of nitrogens with one attached hydrogen (secondary N) is 1. The van der Waals surface area contributed by atoms with Crippen LogP contribution in [0.25, 0.3) is 0 Å². The summed E-state index contributed by atoms with van der Waals surface area (Å²) in [7, 11) is 2.08. The lowest BCUT2D eigenvalue weighted by molar-refractivity contribution is -0.384. The number of aromatic nitrogens is 1. The van der Waals surface area contributed by atoms with E-state index in [4.69, 9.17) is 0 Å². The summed E-state index contributed by atoms with van der Waals surface area (Å²) in [5.74, 6) is 0. The van der Waals surface area contributed by atoms with Gasteiger partial charge in [0.1, 0.15) is 11.9 Å². The molecule has 0 unspecified atom stereocenters. The fourth-order valence-corrected chi connectivity index (χ4v) is 1.75. The van der Waals surface area contributed by atoms with Crippen LogP contribution < -0.4 is 5.32 Å². The van der Waals surface area contributed by atoms with Gasteiger partial charge in [0, 0.05) is 25.3 Å². The van der Waals surface area contributed by atoms with Gasteiger partial charge in [0.25, 0.3) is 0 Å². The Balaban J connectivity index is 1.87. The van der Waals surface area contributed by atoms with Gasteiger partial charge in [-0.15, -0.1) is 0 Å². The summed E-state index contributed by atoms with van der Waals surface area (Å²) in [6.45, 7) is 1.60. The lowest BCUT2D eigenvalue weighted by Crippen LogP contribution is -2.27. The van der Waals surface area contributed by atoms with Crippen molar-refractivity contribution in [3.05, 3.63) is 28.6 Å². The number of rotatable bonds is 6. The van der Waals surface area contributed by atoms with Crippen molar-refractivity contribution in [2.75, 3.05) is 25.5 Å². The van der Waals surface area contributed by atoms with Crippen molar-refractivity contribution in [3.8, 4) is 0 Å². The molecule has 1 N–H and O–H groups in total. The Morgan fingerprint density at radius 1 is 1.65 bits per heavy atom. The molecule has 6 heteroatoms. The van der Waals surface area contributed by atoms with Gasteiger partial charge in [0.05, 0.1) is 4.92 Å². The Labute approximate surface area is 99.8 Å². The van der Waals surface area contributed by atoms with Gasteiger partial charge in [0.15, 0.2) is 0 Å². The molecule has 0 saturated heterocycles. The molecule has 0 atom stereocenters. The third-order valence-electron chi connectivity index (χ3n) is 2.95. The van der Waals surface area contributed by atoms with Crippen LogP contribution >= 0.6 is 0 Å². The maximum Gasteiger partial charge on any atom is 0.310 e. The van der Waals surface area contributed by atoms with E-state index in [2.05, 4.69) is 22.2 Å². The molecular weight excluding hydrogens is 220 g/mol. The number of hydrogen-bond donors (Lipinski definition) is 1. The summed E-state index contributed by atoms with van der Waals surface area (Å²) >= 11 is 0. The number of anilines is 1. The Kier molecular flexibility index (Phi) is 3.53. The average molecular weight is 236 g/mol. The zero-order valence-electron chi connectivity index (χ0n) is 9.80. The highest BCUT2D eigenvalue weighted by atomic mass is 16.6.